The lowest BCUT2D eigenvalue weighted by molar-refractivity contribution is 0.487. The molecule has 0 amide bonds. The molecule has 9 aromatic rings. The fourth-order valence-electron chi connectivity index (χ4n) is 5.80. The molecular formula is C46H28O. The van der Waals surface area contributed by atoms with E-state index in [1.807, 2.05) is 0 Å². The van der Waals surface area contributed by atoms with Gasteiger partial charge in [0.25, 0.3) is 0 Å². The van der Waals surface area contributed by atoms with E-state index in [0.29, 0.717) is 0 Å². The molecule has 0 aromatic heterocycles. The maximum atomic E-state index is 9.67. The van der Waals surface area contributed by atoms with Crippen LogP contribution in [0.5, 0.6) is 11.5 Å². The van der Waals surface area contributed by atoms with Crippen LogP contribution in [0.3, 0.4) is 0 Å². The van der Waals surface area contributed by atoms with Crippen molar-refractivity contribution in [2.75, 3.05) is 0 Å². The summed E-state index contributed by atoms with van der Waals surface area (Å²) in [6.45, 7) is 0. The van der Waals surface area contributed by atoms with E-state index in [0.717, 1.165) is 12.1 Å². The molecule has 218 valence electrons. The van der Waals surface area contributed by atoms with E-state index < -0.39 is 218 Å². The summed E-state index contributed by atoms with van der Waals surface area (Å²) in [4.78, 5) is 0. The van der Waals surface area contributed by atoms with E-state index in [2.05, 4.69) is 0 Å². The maximum absolute atomic E-state index is 9.67. The average molecular weight is 623 g/mol. The molecule has 0 saturated heterocycles. The molecule has 1 nitrogen and oxygen atoms in total. The molecule has 0 aliphatic carbocycles. The standard InChI is InChI=1S/C46H28O/c1-2-9-30(10-3-1)36-24-26-44-46-38(36)15-8-16-39(46)42-27-33(22-25-43(42)47-44)29-17-19-32(20-18-29)45-37-14-7-5-12-34(37)28-41-35-13-6-4-11-31(35)21-23-40(41)45/h1-28H/i1D,2D,3D,4D,5D,6D,7D,8D,9D,10D,11D,12D,13D,15D,16D,17D,18D,19D,20D,21D,22D,24D,25D,26D,27D,28D. The van der Waals surface area contributed by atoms with E-state index in [-0.39, 0.29) is 37.9 Å². The first kappa shape index (κ1) is 11.3. The van der Waals surface area contributed by atoms with Gasteiger partial charge in [-0.25, -0.2) is 0 Å². The van der Waals surface area contributed by atoms with Gasteiger partial charge in [-0.15, -0.1) is 0 Å². The van der Waals surface area contributed by atoms with Gasteiger partial charge in [-0.3, -0.25) is 0 Å². The predicted molar refractivity (Wildman–Crippen MR) is 198 cm³/mol. The third-order valence-electron chi connectivity index (χ3n) is 7.86. The molecule has 0 N–H and O–H groups in total. The van der Waals surface area contributed by atoms with Gasteiger partial charge in [-0.1, -0.05) is 145 Å². The summed E-state index contributed by atoms with van der Waals surface area (Å²) >= 11 is 0. The molecule has 10 rings (SSSR count). The van der Waals surface area contributed by atoms with E-state index in [1.165, 1.54) is 0 Å². The summed E-state index contributed by atoms with van der Waals surface area (Å²) in [5.41, 5.74) is -4.76. The van der Waals surface area contributed by atoms with Gasteiger partial charge in [0.05, 0.1) is 35.6 Å². The molecule has 0 saturated carbocycles. The largest absolute Gasteiger partial charge is 0.456 e. The second-order valence-corrected chi connectivity index (χ2v) is 10.4. The fourth-order valence-corrected chi connectivity index (χ4v) is 5.80. The average Bonchev–Trinajstić information content (AvgIpc) is 3.35. The van der Waals surface area contributed by atoms with Gasteiger partial charge in [0.1, 0.15) is 11.5 Å². The second-order valence-electron chi connectivity index (χ2n) is 10.4. The number of benzene rings is 9. The van der Waals surface area contributed by atoms with Crippen LogP contribution in [0.4, 0.5) is 0 Å². The van der Waals surface area contributed by atoms with E-state index >= 15 is 0 Å². The Morgan fingerprint density at radius 2 is 1.11 bits per heavy atom. The second kappa shape index (κ2) is 10.2. The zero-order valence-electron chi connectivity index (χ0n) is 49.6. The molecule has 1 aliphatic rings. The van der Waals surface area contributed by atoms with Crippen LogP contribution in [-0.2, 0) is 0 Å². The SMILES string of the molecule is [2H]c1cc2c(-c3c([2H])c([2H])c(-c4c([2H])c([2H])c5c(c4[2H])-c4c([2H])c([2H])c([2H])c6c(-c7c([2H])c([2H])c([2H])c([2H])c7[2H])c([2H])c([2H])c(c46)O5)c([2H])c3[2H])c3cc([2H])c4c([2H])c([2H])c([2H])c([2H])c4c3c([2H])c2c([2H])c1[2H]. The zero-order chi connectivity index (χ0) is 53.5. The highest BCUT2D eigenvalue weighted by atomic mass is 16.5. The fraction of sp³-hybridized carbons (Fsp3) is 0. The van der Waals surface area contributed by atoms with Gasteiger partial charge in [0, 0.05) is 10.9 Å². The van der Waals surface area contributed by atoms with Crippen molar-refractivity contribution >= 4 is 43.1 Å². The van der Waals surface area contributed by atoms with Crippen LogP contribution in [-0.4, -0.2) is 0 Å². The maximum Gasteiger partial charge on any atom is 0.135 e. The first-order valence-corrected chi connectivity index (χ1v) is 14.1. The molecule has 0 bridgehead atoms. The molecule has 0 unspecified atom stereocenters. The number of hydrogen-bond acceptors (Lipinski definition) is 1. The number of fused-ring (bicyclic) bond motifs is 6. The highest BCUT2D eigenvalue weighted by Crippen LogP contribution is 2.49. The van der Waals surface area contributed by atoms with Crippen LogP contribution in [0.25, 0.3) is 87.6 Å². The number of hydrogen-bond donors (Lipinski definition) is 0. The van der Waals surface area contributed by atoms with Crippen LogP contribution in [0, 0.1) is 0 Å². The minimum atomic E-state index is -0.969. The highest BCUT2D eigenvalue weighted by molar-refractivity contribution is 6.20. The molecule has 1 heterocycles. The Balaban J connectivity index is 1.33. The van der Waals surface area contributed by atoms with Crippen molar-refractivity contribution in [1.82, 2.24) is 0 Å². The summed E-state index contributed by atoms with van der Waals surface area (Å²) in [5, 5.41) is -2.76. The molecule has 9 aromatic carbocycles. The van der Waals surface area contributed by atoms with Crippen molar-refractivity contribution in [3.05, 3.63) is 169 Å². The Morgan fingerprint density at radius 1 is 0.362 bits per heavy atom. The molecule has 0 spiro atoms. The van der Waals surface area contributed by atoms with Crippen molar-refractivity contribution in [2.24, 2.45) is 0 Å². The van der Waals surface area contributed by atoms with Crippen molar-refractivity contribution in [1.29, 1.82) is 0 Å². The Morgan fingerprint density at radius 3 is 2.02 bits per heavy atom. The third kappa shape index (κ3) is 4.03. The molecule has 47 heavy (non-hydrogen) atoms. The monoisotopic (exact) mass is 622 g/mol. The zero-order valence-corrected chi connectivity index (χ0v) is 23.6. The molecule has 0 atom stereocenters. The topological polar surface area (TPSA) is 9.23 Å². The van der Waals surface area contributed by atoms with Crippen molar-refractivity contribution in [3.63, 3.8) is 0 Å². The van der Waals surface area contributed by atoms with Crippen molar-refractivity contribution in [3.8, 4) is 56.0 Å². The Hall–Kier alpha value is -6.18. The van der Waals surface area contributed by atoms with E-state index in [4.69, 9.17) is 28.0 Å². The minimum Gasteiger partial charge on any atom is -0.456 e. The molecule has 0 fully saturated rings. The van der Waals surface area contributed by atoms with Crippen LogP contribution in [0.2, 0.25) is 0 Å². The summed E-state index contributed by atoms with van der Waals surface area (Å²) < 4.78 is 238. The molecule has 1 heteroatoms. The lowest BCUT2D eigenvalue weighted by Gasteiger charge is -2.23. The number of ether oxygens (including phenoxy) is 1. The minimum absolute atomic E-state index is 0.228. The quantitative estimate of drug-likeness (QED) is 0.141. The Bertz CT molecular complexity index is 4130. The Labute approximate surface area is 309 Å². The first-order chi connectivity index (χ1) is 34.1. The van der Waals surface area contributed by atoms with E-state index in [1.54, 1.807) is 0 Å². The third-order valence-corrected chi connectivity index (χ3v) is 7.86. The van der Waals surface area contributed by atoms with Gasteiger partial charge in [-0.2, -0.15) is 0 Å². The van der Waals surface area contributed by atoms with Gasteiger partial charge in [-0.05, 0) is 101 Å². The van der Waals surface area contributed by atoms with Gasteiger partial charge in [0.15, 0.2) is 0 Å². The van der Waals surface area contributed by atoms with Gasteiger partial charge >= 0.3 is 0 Å². The van der Waals surface area contributed by atoms with Gasteiger partial charge < -0.3 is 4.74 Å². The smallest absolute Gasteiger partial charge is 0.135 e. The lowest BCUT2D eigenvalue weighted by Crippen LogP contribution is -1.98. The lowest BCUT2D eigenvalue weighted by atomic mass is 9.88. The summed E-state index contributed by atoms with van der Waals surface area (Å²) in [5.74, 6) is -1.28. The first-order valence-electron chi connectivity index (χ1n) is 27.1. The normalized spacial score (nSPS) is 19.7. The van der Waals surface area contributed by atoms with Crippen LogP contribution in [0.1, 0.15) is 35.6 Å². The Kier molecular flexibility index (Phi) is 2.44. The molecule has 1 aliphatic heterocycles. The van der Waals surface area contributed by atoms with Crippen LogP contribution >= 0.6 is 0 Å². The van der Waals surface area contributed by atoms with Crippen LogP contribution < -0.4 is 4.74 Å². The van der Waals surface area contributed by atoms with E-state index in [9.17, 15) is 12.3 Å². The van der Waals surface area contributed by atoms with Crippen molar-refractivity contribution < 1.29 is 40.4 Å². The highest BCUT2D eigenvalue weighted by Gasteiger charge is 2.22. The van der Waals surface area contributed by atoms with Crippen molar-refractivity contribution in [2.45, 2.75) is 0 Å². The summed E-state index contributed by atoms with van der Waals surface area (Å²) in [7, 11) is 0. The molecular weight excluding hydrogens is 569 g/mol. The summed E-state index contributed by atoms with van der Waals surface area (Å²) in [6, 6.07) is -18.5. The van der Waals surface area contributed by atoms with Gasteiger partial charge in [0.2, 0.25) is 0 Å². The molecule has 0 radical (unpaired) electrons. The number of rotatable bonds is 3. The summed E-state index contributed by atoms with van der Waals surface area (Å²) in [6.07, 6.45) is 0. The van der Waals surface area contributed by atoms with Crippen LogP contribution in [0.15, 0.2) is 169 Å². The predicted octanol–water partition coefficient (Wildman–Crippen LogP) is 13.1.